The number of hydrogen-bond donors (Lipinski definition) is 1. The molecule has 0 fully saturated rings. The number of carbonyl (C=O) groups is 2. The number of carbonyl (C=O) groups excluding carboxylic acids is 1. The number of aromatic carboxylic acids is 1. The monoisotopic (exact) mass is 377 g/mol. The summed E-state index contributed by atoms with van der Waals surface area (Å²) < 4.78 is 5.44. The predicted molar refractivity (Wildman–Crippen MR) is 103 cm³/mol. The number of aromatic nitrogens is 2. The van der Waals surface area contributed by atoms with Crippen LogP contribution in [-0.2, 0) is 17.9 Å². The van der Waals surface area contributed by atoms with E-state index in [9.17, 15) is 14.7 Å². The summed E-state index contributed by atoms with van der Waals surface area (Å²) in [5, 5.41) is 9.19. The Morgan fingerprint density at radius 2 is 1.79 bits per heavy atom. The van der Waals surface area contributed by atoms with Gasteiger partial charge in [-0.25, -0.2) is 19.6 Å². The van der Waals surface area contributed by atoms with Crippen molar-refractivity contribution in [2.45, 2.75) is 20.1 Å². The molecule has 7 nitrogen and oxygen atoms in total. The molecule has 0 saturated carbocycles. The summed E-state index contributed by atoms with van der Waals surface area (Å²) in [5.74, 6) is -0.137. The van der Waals surface area contributed by atoms with Crippen molar-refractivity contribution in [1.82, 2.24) is 9.97 Å². The molecule has 0 unspecified atom stereocenters. The summed E-state index contributed by atoms with van der Waals surface area (Å²) in [5.41, 5.74) is 1.66. The quantitative estimate of drug-likeness (QED) is 0.702. The second kappa shape index (κ2) is 8.77. The topological polar surface area (TPSA) is 92.6 Å². The summed E-state index contributed by atoms with van der Waals surface area (Å²) in [4.78, 5) is 33.7. The van der Waals surface area contributed by atoms with E-state index in [-0.39, 0.29) is 18.7 Å². The van der Waals surface area contributed by atoms with Crippen molar-refractivity contribution in [1.29, 1.82) is 0 Å². The number of anilines is 1. The average molecular weight is 377 g/mol. The fourth-order valence-electron chi connectivity index (χ4n) is 2.62. The number of amides is 1. The Balaban J connectivity index is 1.83. The Morgan fingerprint density at radius 3 is 2.50 bits per heavy atom. The molecule has 0 saturated heterocycles. The van der Waals surface area contributed by atoms with Gasteiger partial charge in [-0.2, -0.15) is 0 Å². The SMILES string of the molecule is Cc1nccc(N(Cc2cccc(C(=O)O)c2)C(=O)OCc2ccccc2)n1. The second-order valence-electron chi connectivity index (χ2n) is 6.09. The van der Waals surface area contributed by atoms with E-state index in [1.807, 2.05) is 30.3 Å². The lowest BCUT2D eigenvalue weighted by Crippen LogP contribution is -2.32. The molecule has 0 aliphatic carbocycles. The van der Waals surface area contributed by atoms with Crippen LogP contribution < -0.4 is 4.90 Å². The Labute approximate surface area is 162 Å². The van der Waals surface area contributed by atoms with Crippen LogP contribution in [0, 0.1) is 6.92 Å². The van der Waals surface area contributed by atoms with Crippen LogP contribution in [0.15, 0.2) is 66.9 Å². The molecule has 3 aromatic rings. The van der Waals surface area contributed by atoms with E-state index in [4.69, 9.17) is 4.74 Å². The minimum Gasteiger partial charge on any atom is -0.478 e. The van der Waals surface area contributed by atoms with Crippen LogP contribution in [-0.4, -0.2) is 27.1 Å². The molecule has 28 heavy (non-hydrogen) atoms. The molecular weight excluding hydrogens is 358 g/mol. The van der Waals surface area contributed by atoms with Crippen molar-refractivity contribution < 1.29 is 19.4 Å². The van der Waals surface area contributed by atoms with Gasteiger partial charge in [0.15, 0.2) is 0 Å². The van der Waals surface area contributed by atoms with E-state index in [0.717, 1.165) is 5.56 Å². The van der Waals surface area contributed by atoms with Gasteiger partial charge >= 0.3 is 12.1 Å². The Kier molecular flexibility index (Phi) is 5.96. The Bertz CT molecular complexity index is 976. The van der Waals surface area contributed by atoms with Crippen LogP contribution in [0.3, 0.4) is 0 Å². The minimum atomic E-state index is -1.03. The first-order valence-electron chi connectivity index (χ1n) is 8.63. The molecule has 1 amide bonds. The molecule has 2 aromatic carbocycles. The fraction of sp³-hybridized carbons (Fsp3) is 0.143. The smallest absolute Gasteiger partial charge is 0.416 e. The van der Waals surface area contributed by atoms with E-state index in [1.165, 1.54) is 17.0 Å². The zero-order valence-electron chi connectivity index (χ0n) is 15.3. The van der Waals surface area contributed by atoms with Crippen LogP contribution in [0.25, 0.3) is 0 Å². The summed E-state index contributed by atoms with van der Waals surface area (Å²) in [6.07, 6.45) is 0.977. The summed E-state index contributed by atoms with van der Waals surface area (Å²) in [7, 11) is 0. The van der Waals surface area contributed by atoms with E-state index >= 15 is 0 Å². The maximum atomic E-state index is 12.8. The van der Waals surface area contributed by atoms with Gasteiger partial charge in [-0.1, -0.05) is 42.5 Å². The lowest BCUT2D eigenvalue weighted by molar-refractivity contribution is 0.0696. The van der Waals surface area contributed by atoms with Crippen molar-refractivity contribution in [3.8, 4) is 0 Å². The molecule has 142 valence electrons. The maximum Gasteiger partial charge on any atom is 0.416 e. The summed E-state index contributed by atoms with van der Waals surface area (Å²) in [6, 6.07) is 17.4. The van der Waals surface area contributed by atoms with Crippen LogP contribution >= 0.6 is 0 Å². The fourth-order valence-corrected chi connectivity index (χ4v) is 2.62. The number of aryl methyl sites for hydroxylation is 1. The first kappa shape index (κ1) is 19.0. The van der Waals surface area contributed by atoms with Crippen molar-refractivity contribution in [3.05, 3.63) is 89.4 Å². The van der Waals surface area contributed by atoms with Crippen molar-refractivity contribution in [2.24, 2.45) is 0 Å². The van der Waals surface area contributed by atoms with Crippen molar-refractivity contribution in [3.63, 3.8) is 0 Å². The lowest BCUT2D eigenvalue weighted by atomic mass is 10.1. The molecule has 0 aliphatic heterocycles. The maximum absolute atomic E-state index is 12.8. The molecule has 0 radical (unpaired) electrons. The van der Waals surface area contributed by atoms with E-state index < -0.39 is 12.1 Å². The van der Waals surface area contributed by atoms with Gasteiger partial charge in [0.05, 0.1) is 12.1 Å². The normalized spacial score (nSPS) is 10.3. The number of rotatable bonds is 6. The summed E-state index contributed by atoms with van der Waals surface area (Å²) >= 11 is 0. The van der Waals surface area contributed by atoms with Crippen molar-refractivity contribution in [2.75, 3.05) is 4.90 Å². The second-order valence-corrected chi connectivity index (χ2v) is 6.09. The first-order chi connectivity index (χ1) is 13.5. The standard InChI is InChI=1S/C21H19N3O4/c1-15-22-11-10-19(23-15)24(13-17-8-5-9-18(12-17)20(25)26)21(27)28-14-16-6-3-2-4-7-16/h2-12H,13-14H2,1H3,(H,25,26). The Hall–Kier alpha value is -3.74. The third-order valence-corrected chi connectivity index (χ3v) is 3.98. The zero-order chi connectivity index (χ0) is 19.9. The van der Waals surface area contributed by atoms with Crippen LogP contribution in [0.1, 0.15) is 27.3 Å². The molecule has 7 heteroatoms. The highest BCUT2D eigenvalue weighted by Crippen LogP contribution is 2.17. The molecule has 0 bridgehead atoms. The van der Waals surface area contributed by atoms with Gasteiger partial charge in [-0.3, -0.25) is 4.90 Å². The molecule has 3 rings (SSSR count). The molecule has 1 heterocycles. The van der Waals surface area contributed by atoms with E-state index in [0.29, 0.717) is 17.2 Å². The number of nitrogens with zero attached hydrogens (tertiary/aromatic N) is 3. The molecular formula is C21H19N3O4. The van der Waals surface area contributed by atoms with Gasteiger partial charge in [0.25, 0.3) is 0 Å². The predicted octanol–water partition coefficient (Wildman–Crippen LogP) is 3.83. The third kappa shape index (κ3) is 4.91. The average Bonchev–Trinajstić information content (AvgIpc) is 2.71. The molecule has 0 aliphatic rings. The lowest BCUT2D eigenvalue weighted by Gasteiger charge is -2.21. The van der Waals surface area contributed by atoms with Crippen LogP contribution in [0.2, 0.25) is 0 Å². The number of hydrogen-bond acceptors (Lipinski definition) is 5. The highest BCUT2D eigenvalue weighted by molar-refractivity contribution is 5.88. The number of ether oxygens (including phenoxy) is 1. The Morgan fingerprint density at radius 1 is 1.04 bits per heavy atom. The van der Waals surface area contributed by atoms with Crippen molar-refractivity contribution >= 4 is 17.9 Å². The van der Waals surface area contributed by atoms with Gasteiger partial charge in [-0.15, -0.1) is 0 Å². The van der Waals surface area contributed by atoms with E-state index in [1.54, 1.807) is 31.3 Å². The molecule has 0 atom stereocenters. The van der Waals surface area contributed by atoms with Gasteiger partial charge in [0.2, 0.25) is 0 Å². The van der Waals surface area contributed by atoms with Gasteiger partial charge in [0, 0.05) is 6.20 Å². The van der Waals surface area contributed by atoms with Gasteiger partial charge in [0.1, 0.15) is 18.2 Å². The highest BCUT2D eigenvalue weighted by Gasteiger charge is 2.20. The highest BCUT2D eigenvalue weighted by atomic mass is 16.6. The zero-order valence-corrected chi connectivity index (χ0v) is 15.3. The molecule has 0 spiro atoms. The van der Waals surface area contributed by atoms with Crippen LogP contribution in [0.4, 0.5) is 10.6 Å². The van der Waals surface area contributed by atoms with Gasteiger partial charge in [-0.05, 0) is 36.2 Å². The third-order valence-electron chi connectivity index (χ3n) is 3.98. The van der Waals surface area contributed by atoms with Gasteiger partial charge < -0.3 is 9.84 Å². The number of carboxylic acid groups (broad SMARTS) is 1. The largest absolute Gasteiger partial charge is 0.478 e. The van der Waals surface area contributed by atoms with Crippen LogP contribution in [0.5, 0.6) is 0 Å². The summed E-state index contributed by atoms with van der Waals surface area (Å²) in [6.45, 7) is 1.96. The molecule has 1 aromatic heterocycles. The van der Waals surface area contributed by atoms with E-state index in [2.05, 4.69) is 9.97 Å². The first-order valence-corrected chi connectivity index (χ1v) is 8.63. The molecule has 1 N–H and O–H groups in total. The number of benzene rings is 2. The minimum absolute atomic E-state index is 0.116. The number of carboxylic acids is 1.